The minimum absolute atomic E-state index is 0.0514. The first kappa shape index (κ1) is 16.8. The monoisotopic (exact) mass is 315 g/mol. The normalized spacial score (nSPS) is 10.2. The minimum Gasteiger partial charge on any atom is -0.490 e. The van der Waals surface area contributed by atoms with Crippen LogP contribution in [-0.2, 0) is 11.3 Å². The molecule has 23 heavy (non-hydrogen) atoms. The summed E-state index contributed by atoms with van der Waals surface area (Å²) < 4.78 is 11.6. The molecule has 0 atom stereocenters. The first-order valence-electron chi connectivity index (χ1n) is 7.55. The fourth-order valence-corrected chi connectivity index (χ4v) is 1.89. The molecule has 0 saturated carbocycles. The maximum Gasteiger partial charge on any atom is 0.234 e. The van der Waals surface area contributed by atoms with E-state index < -0.39 is 0 Å². The number of hydrogen-bond acceptors (Lipinski definition) is 5. The second-order valence-electron chi connectivity index (χ2n) is 4.85. The van der Waals surface area contributed by atoms with Crippen molar-refractivity contribution in [3.05, 3.63) is 48.2 Å². The Hall–Kier alpha value is -2.60. The van der Waals surface area contributed by atoms with E-state index in [0.717, 1.165) is 12.0 Å². The highest BCUT2D eigenvalue weighted by atomic mass is 16.5. The summed E-state index contributed by atoms with van der Waals surface area (Å²) in [7, 11) is 0. The summed E-state index contributed by atoms with van der Waals surface area (Å²) in [5.41, 5.74) is 6.05. The van der Waals surface area contributed by atoms with Gasteiger partial charge >= 0.3 is 0 Å². The summed E-state index contributed by atoms with van der Waals surface area (Å²) in [6.45, 7) is 2.91. The molecule has 3 N–H and O–H groups in total. The van der Waals surface area contributed by atoms with Crippen molar-refractivity contribution in [2.75, 3.05) is 13.2 Å². The van der Waals surface area contributed by atoms with E-state index in [1.807, 2.05) is 37.3 Å². The van der Waals surface area contributed by atoms with Crippen molar-refractivity contribution in [3.63, 3.8) is 0 Å². The van der Waals surface area contributed by atoms with E-state index in [0.29, 0.717) is 30.5 Å². The molecule has 2 rings (SSSR count). The van der Waals surface area contributed by atoms with Gasteiger partial charge in [0.1, 0.15) is 0 Å². The van der Waals surface area contributed by atoms with Gasteiger partial charge in [0.25, 0.3) is 0 Å². The van der Waals surface area contributed by atoms with Crippen LogP contribution in [-0.4, -0.2) is 24.0 Å². The number of hydrogen-bond donors (Lipinski definition) is 2. The Morgan fingerprint density at radius 2 is 2.00 bits per heavy atom. The molecule has 6 nitrogen and oxygen atoms in total. The molecule has 0 unspecified atom stereocenters. The number of pyridine rings is 1. The molecule has 0 aliphatic rings. The molecule has 1 amide bonds. The number of benzene rings is 1. The van der Waals surface area contributed by atoms with E-state index in [4.69, 9.17) is 15.2 Å². The molecule has 1 aromatic carbocycles. The van der Waals surface area contributed by atoms with Gasteiger partial charge in [0, 0.05) is 18.3 Å². The van der Waals surface area contributed by atoms with Crippen molar-refractivity contribution in [1.82, 2.24) is 10.3 Å². The number of nitrogens with two attached hydrogens (primary N) is 1. The van der Waals surface area contributed by atoms with Crippen LogP contribution in [0.25, 0.3) is 0 Å². The lowest BCUT2D eigenvalue weighted by atomic mass is 10.2. The molecule has 0 spiro atoms. The number of nitrogens with one attached hydrogen (secondary N) is 1. The molecule has 0 aliphatic carbocycles. The zero-order valence-electron chi connectivity index (χ0n) is 13.1. The van der Waals surface area contributed by atoms with Crippen molar-refractivity contribution >= 4 is 5.91 Å². The van der Waals surface area contributed by atoms with E-state index in [1.165, 1.54) is 0 Å². The van der Waals surface area contributed by atoms with Gasteiger partial charge in [-0.05, 0) is 24.6 Å². The molecule has 1 aromatic heterocycles. The van der Waals surface area contributed by atoms with E-state index in [9.17, 15) is 4.79 Å². The Labute approximate surface area is 135 Å². The van der Waals surface area contributed by atoms with Gasteiger partial charge in [0.15, 0.2) is 11.5 Å². The molecule has 2 aromatic rings. The number of carbonyl (C=O) groups is 1. The van der Waals surface area contributed by atoms with Crippen LogP contribution < -0.4 is 20.5 Å². The summed E-state index contributed by atoms with van der Waals surface area (Å²) in [6.07, 6.45) is 2.55. The SMILES string of the molecule is CCCOc1ccccc1Oc1ncccc1CNC(=O)CN. The molecular weight excluding hydrogens is 294 g/mol. The van der Waals surface area contributed by atoms with Crippen LogP contribution >= 0.6 is 0 Å². The fraction of sp³-hybridized carbons (Fsp3) is 0.294. The van der Waals surface area contributed by atoms with Crippen molar-refractivity contribution in [3.8, 4) is 17.4 Å². The van der Waals surface area contributed by atoms with E-state index in [1.54, 1.807) is 12.3 Å². The van der Waals surface area contributed by atoms with Crippen molar-refractivity contribution < 1.29 is 14.3 Å². The van der Waals surface area contributed by atoms with E-state index in [-0.39, 0.29) is 12.5 Å². The fourth-order valence-electron chi connectivity index (χ4n) is 1.89. The third-order valence-corrected chi connectivity index (χ3v) is 3.03. The van der Waals surface area contributed by atoms with Gasteiger partial charge in [0.05, 0.1) is 13.2 Å². The second-order valence-corrected chi connectivity index (χ2v) is 4.85. The van der Waals surface area contributed by atoms with Crippen LogP contribution in [0.3, 0.4) is 0 Å². The predicted molar refractivity (Wildman–Crippen MR) is 87.4 cm³/mol. The quantitative estimate of drug-likeness (QED) is 0.780. The second kappa shape index (κ2) is 8.75. The van der Waals surface area contributed by atoms with Crippen LogP contribution in [0.15, 0.2) is 42.6 Å². The molecule has 0 fully saturated rings. The summed E-state index contributed by atoms with van der Waals surface area (Å²) in [5, 5.41) is 2.71. The summed E-state index contributed by atoms with van der Waals surface area (Å²) in [5.74, 6) is 1.45. The Morgan fingerprint density at radius 1 is 1.22 bits per heavy atom. The minimum atomic E-state index is -0.230. The van der Waals surface area contributed by atoms with Crippen molar-refractivity contribution in [2.24, 2.45) is 5.73 Å². The lowest BCUT2D eigenvalue weighted by molar-refractivity contribution is -0.119. The summed E-state index contributed by atoms with van der Waals surface area (Å²) in [4.78, 5) is 15.5. The van der Waals surface area contributed by atoms with Crippen molar-refractivity contribution in [2.45, 2.75) is 19.9 Å². The van der Waals surface area contributed by atoms with Gasteiger partial charge < -0.3 is 20.5 Å². The average Bonchev–Trinajstić information content (AvgIpc) is 2.60. The van der Waals surface area contributed by atoms with Crippen LogP contribution in [0.2, 0.25) is 0 Å². The lowest BCUT2D eigenvalue weighted by Crippen LogP contribution is -2.29. The van der Waals surface area contributed by atoms with Crippen LogP contribution in [0, 0.1) is 0 Å². The average molecular weight is 315 g/mol. The highest BCUT2D eigenvalue weighted by molar-refractivity contribution is 5.77. The molecule has 6 heteroatoms. The smallest absolute Gasteiger partial charge is 0.234 e. The highest BCUT2D eigenvalue weighted by Crippen LogP contribution is 2.31. The predicted octanol–water partition coefficient (Wildman–Crippen LogP) is 2.24. The molecular formula is C17H21N3O3. The standard InChI is InChI=1S/C17H21N3O3/c1-2-10-22-14-7-3-4-8-15(14)23-17-13(6-5-9-19-17)12-20-16(21)11-18/h3-9H,2,10-12,18H2,1H3,(H,20,21). The van der Waals surface area contributed by atoms with Crippen LogP contribution in [0.1, 0.15) is 18.9 Å². The molecule has 0 bridgehead atoms. The van der Waals surface area contributed by atoms with E-state index in [2.05, 4.69) is 10.3 Å². The van der Waals surface area contributed by atoms with Crippen LogP contribution in [0.5, 0.6) is 17.4 Å². The highest BCUT2D eigenvalue weighted by Gasteiger charge is 2.10. The topological polar surface area (TPSA) is 86.5 Å². The summed E-state index contributed by atoms with van der Waals surface area (Å²) >= 11 is 0. The third kappa shape index (κ3) is 4.96. The largest absolute Gasteiger partial charge is 0.490 e. The van der Waals surface area contributed by atoms with Gasteiger partial charge in [0.2, 0.25) is 11.8 Å². The number of amides is 1. The van der Waals surface area contributed by atoms with Crippen LogP contribution in [0.4, 0.5) is 0 Å². The molecule has 1 heterocycles. The summed E-state index contributed by atoms with van der Waals surface area (Å²) in [6, 6.07) is 11.1. The van der Waals surface area contributed by atoms with Gasteiger partial charge in [-0.25, -0.2) is 4.98 Å². The van der Waals surface area contributed by atoms with Gasteiger partial charge in [-0.3, -0.25) is 4.79 Å². The molecule has 0 aliphatic heterocycles. The number of carbonyl (C=O) groups excluding carboxylic acids is 1. The maximum atomic E-state index is 11.3. The Kier molecular flexibility index (Phi) is 6.38. The Bertz CT molecular complexity index is 646. The number of para-hydroxylation sites is 2. The molecule has 122 valence electrons. The first-order chi connectivity index (χ1) is 11.2. The number of ether oxygens (including phenoxy) is 2. The molecule has 0 radical (unpaired) electrons. The van der Waals surface area contributed by atoms with Gasteiger partial charge in [-0.15, -0.1) is 0 Å². The third-order valence-electron chi connectivity index (χ3n) is 3.03. The zero-order valence-corrected chi connectivity index (χ0v) is 13.1. The number of rotatable bonds is 8. The lowest BCUT2D eigenvalue weighted by Gasteiger charge is -2.13. The van der Waals surface area contributed by atoms with E-state index >= 15 is 0 Å². The molecule has 0 saturated heterocycles. The Balaban J connectivity index is 2.15. The number of aromatic nitrogens is 1. The first-order valence-corrected chi connectivity index (χ1v) is 7.55. The Morgan fingerprint density at radius 3 is 2.74 bits per heavy atom. The maximum absolute atomic E-state index is 11.3. The van der Waals surface area contributed by atoms with Gasteiger partial charge in [-0.2, -0.15) is 0 Å². The zero-order chi connectivity index (χ0) is 16.5. The number of nitrogens with zero attached hydrogens (tertiary/aromatic N) is 1. The van der Waals surface area contributed by atoms with Crippen molar-refractivity contribution in [1.29, 1.82) is 0 Å². The van der Waals surface area contributed by atoms with Gasteiger partial charge in [-0.1, -0.05) is 25.1 Å².